The number of pyridine rings is 1. The number of nitrogens with one attached hydrogen (secondary N) is 1. The lowest BCUT2D eigenvalue weighted by Crippen LogP contribution is -1.97. The predicted molar refractivity (Wildman–Crippen MR) is 44.9 cm³/mol. The first-order valence-corrected chi connectivity index (χ1v) is 3.45. The molecule has 0 aliphatic heterocycles. The Kier molecular flexibility index (Phi) is 2.33. The second-order valence-electron chi connectivity index (χ2n) is 2.05. The van der Waals surface area contributed by atoms with Gasteiger partial charge < -0.3 is 4.98 Å². The molecule has 0 spiro atoms. The number of aromatic amines is 1. The molecule has 0 aromatic carbocycles. The summed E-state index contributed by atoms with van der Waals surface area (Å²) in [4.78, 5) is 21.3. The van der Waals surface area contributed by atoms with Gasteiger partial charge in [-0.3, -0.25) is 20.2 Å². The molecule has 0 fully saturated rings. The lowest BCUT2D eigenvalue weighted by atomic mass is 10.4. The molecule has 0 atom stereocenters. The topological polar surface area (TPSA) is 102 Å². The molecular formula is C5H3N3O4S. The van der Waals surface area contributed by atoms with E-state index in [0.29, 0.717) is 0 Å². The first-order valence-electron chi connectivity index (χ1n) is 3.04. The van der Waals surface area contributed by atoms with E-state index in [2.05, 4.69) is 17.2 Å². The normalized spacial score (nSPS) is 9.54. The van der Waals surface area contributed by atoms with E-state index < -0.39 is 21.2 Å². The minimum absolute atomic E-state index is 0.251. The number of nitro groups is 2. The number of rotatable bonds is 2. The van der Waals surface area contributed by atoms with E-state index in [4.69, 9.17) is 0 Å². The summed E-state index contributed by atoms with van der Waals surface area (Å²) >= 11 is 4.53. The van der Waals surface area contributed by atoms with Crippen LogP contribution in [0.25, 0.3) is 0 Å². The van der Waals surface area contributed by atoms with E-state index >= 15 is 0 Å². The molecule has 8 heteroatoms. The van der Waals surface area contributed by atoms with Crippen molar-refractivity contribution in [2.45, 2.75) is 0 Å². The summed E-state index contributed by atoms with van der Waals surface area (Å²) in [6, 6.07) is 0.994. The fourth-order valence-corrected chi connectivity index (χ4v) is 1.03. The lowest BCUT2D eigenvalue weighted by molar-refractivity contribution is -0.423. The monoisotopic (exact) mass is 201 g/mol. The molecule has 7 nitrogen and oxygen atoms in total. The van der Waals surface area contributed by atoms with Crippen LogP contribution in [0.2, 0.25) is 0 Å². The van der Waals surface area contributed by atoms with Crippen molar-refractivity contribution in [2.75, 3.05) is 0 Å². The third-order valence-electron chi connectivity index (χ3n) is 1.29. The van der Waals surface area contributed by atoms with Crippen molar-refractivity contribution >= 4 is 23.6 Å². The highest BCUT2D eigenvalue weighted by molar-refractivity contribution is 7.71. The minimum atomic E-state index is -0.878. The standard InChI is InChI=1S/C5H3N3O4S/c9-7(10)3-1-2-6-5(13)4(3)8(11)12/h1-2H,(H,6,13). The highest BCUT2D eigenvalue weighted by Gasteiger charge is 2.25. The van der Waals surface area contributed by atoms with Crippen LogP contribution in [0.4, 0.5) is 11.4 Å². The zero-order chi connectivity index (χ0) is 10.0. The smallest absolute Gasteiger partial charge is 0.347 e. The molecule has 1 heterocycles. The molecule has 1 aromatic rings. The number of hydrogen-bond donors (Lipinski definition) is 1. The van der Waals surface area contributed by atoms with E-state index in [0.717, 1.165) is 6.07 Å². The van der Waals surface area contributed by atoms with Crippen LogP contribution in [-0.4, -0.2) is 14.8 Å². The third-order valence-corrected chi connectivity index (χ3v) is 1.60. The minimum Gasteiger partial charge on any atom is -0.347 e. The van der Waals surface area contributed by atoms with E-state index in [1.54, 1.807) is 0 Å². The fourth-order valence-electron chi connectivity index (χ4n) is 0.784. The van der Waals surface area contributed by atoms with Crippen molar-refractivity contribution in [2.24, 2.45) is 0 Å². The largest absolute Gasteiger partial charge is 0.380 e. The van der Waals surface area contributed by atoms with Gasteiger partial charge in [0.1, 0.15) is 0 Å². The van der Waals surface area contributed by atoms with Gasteiger partial charge in [0.25, 0.3) is 0 Å². The van der Waals surface area contributed by atoms with Gasteiger partial charge in [-0.2, -0.15) is 0 Å². The molecule has 0 amide bonds. The third kappa shape index (κ3) is 1.67. The van der Waals surface area contributed by atoms with Gasteiger partial charge in [-0.25, -0.2) is 0 Å². The quantitative estimate of drug-likeness (QED) is 0.444. The number of hydrogen-bond acceptors (Lipinski definition) is 5. The highest BCUT2D eigenvalue weighted by atomic mass is 32.1. The molecule has 1 aromatic heterocycles. The maximum atomic E-state index is 10.4. The second kappa shape index (κ2) is 3.27. The van der Waals surface area contributed by atoms with Gasteiger partial charge in [0.2, 0.25) is 0 Å². The molecule has 0 saturated heterocycles. The summed E-state index contributed by atoms with van der Waals surface area (Å²) in [7, 11) is 0. The van der Waals surface area contributed by atoms with Crippen molar-refractivity contribution < 1.29 is 9.85 Å². The zero-order valence-corrected chi connectivity index (χ0v) is 6.91. The van der Waals surface area contributed by atoms with Crippen LogP contribution in [0, 0.1) is 24.9 Å². The molecule has 0 aliphatic rings. The van der Waals surface area contributed by atoms with Gasteiger partial charge in [0.15, 0.2) is 4.64 Å². The maximum absolute atomic E-state index is 10.4. The highest BCUT2D eigenvalue weighted by Crippen LogP contribution is 2.25. The summed E-state index contributed by atoms with van der Waals surface area (Å²) in [6.45, 7) is 0. The molecule has 13 heavy (non-hydrogen) atoms. The van der Waals surface area contributed by atoms with Gasteiger partial charge in [0, 0.05) is 12.3 Å². The summed E-state index contributed by atoms with van der Waals surface area (Å²) in [6.07, 6.45) is 1.19. The average Bonchev–Trinajstić information content (AvgIpc) is 2.02. The van der Waals surface area contributed by atoms with E-state index in [-0.39, 0.29) is 4.64 Å². The van der Waals surface area contributed by atoms with Crippen molar-refractivity contribution in [3.05, 3.63) is 37.1 Å². The SMILES string of the molecule is O=[N+]([O-])c1cc[nH]c(=S)c1[N+](=O)[O-]. The van der Waals surface area contributed by atoms with Crippen LogP contribution in [0.3, 0.4) is 0 Å². The lowest BCUT2D eigenvalue weighted by Gasteiger charge is -1.92. The van der Waals surface area contributed by atoms with Crippen molar-refractivity contribution in [3.8, 4) is 0 Å². The van der Waals surface area contributed by atoms with Crippen molar-refractivity contribution in [1.29, 1.82) is 0 Å². The van der Waals surface area contributed by atoms with Gasteiger partial charge in [0.05, 0.1) is 9.85 Å². The Morgan fingerprint density at radius 3 is 2.31 bits per heavy atom. The van der Waals surface area contributed by atoms with Crippen LogP contribution < -0.4 is 0 Å². The Balaban J connectivity index is 3.52. The molecule has 0 aliphatic carbocycles. The van der Waals surface area contributed by atoms with Crippen LogP contribution in [0.5, 0.6) is 0 Å². The molecule has 0 bridgehead atoms. The Morgan fingerprint density at radius 2 is 1.92 bits per heavy atom. The predicted octanol–water partition coefficient (Wildman–Crippen LogP) is 1.56. The Hall–Kier alpha value is -1.83. The van der Waals surface area contributed by atoms with Crippen molar-refractivity contribution in [3.63, 3.8) is 0 Å². The second-order valence-corrected chi connectivity index (χ2v) is 2.46. The van der Waals surface area contributed by atoms with Crippen LogP contribution in [0.1, 0.15) is 0 Å². The van der Waals surface area contributed by atoms with Gasteiger partial charge in [-0.05, 0) is 0 Å². The molecule has 1 N–H and O–H groups in total. The Labute approximate surface area is 76.3 Å². The molecule has 0 radical (unpaired) electrons. The maximum Gasteiger partial charge on any atom is 0.380 e. The fraction of sp³-hybridized carbons (Fsp3) is 0. The number of H-pyrrole nitrogens is 1. The summed E-state index contributed by atoms with van der Waals surface area (Å²) < 4.78 is -0.251. The molecule has 0 unspecified atom stereocenters. The molecular weight excluding hydrogens is 198 g/mol. The Bertz CT molecular complexity index is 426. The number of nitrogens with zero attached hydrogens (tertiary/aromatic N) is 2. The zero-order valence-electron chi connectivity index (χ0n) is 6.09. The van der Waals surface area contributed by atoms with Gasteiger partial charge in [-0.1, -0.05) is 12.2 Å². The van der Waals surface area contributed by atoms with E-state index in [1.807, 2.05) is 0 Å². The first-order chi connectivity index (χ1) is 6.04. The Morgan fingerprint density at radius 1 is 1.31 bits per heavy atom. The molecule has 68 valence electrons. The van der Waals surface area contributed by atoms with Crippen LogP contribution >= 0.6 is 12.2 Å². The average molecular weight is 201 g/mol. The summed E-state index contributed by atoms with van der Waals surface area (Å²) in [5.74, 6) is 0. The van der Waals surface area contributed by atoms with Crippen LogP contribution in [-0.2, 0) is 0 Å². The summed E-state index contributed by atoms with van der Waals surface area (Å²) in [5.41, 5.74) is -1.28. The molecule has 1 rings (SSSR count). The van der Waals surface area contributed by atoms with E-state index in [9.17, 15) is 20.2 Å². The van der Waals surface area contributed by atoms with Crippen molar-refractivity contribution in [1.82, 2.24) is 4.98 Å². The van der Waals surface area contributed by atoms with Crippen LogP contribution in [0.15, 0.2) is 12.3 Å². The first kappa shape index (κ1) is 9.26. The molecule has 0 saturated carbocycles. The van der Waals surface area contributed by atoms with Gasteiger partial charge in [-0.15, -0.1) is 0 Å². The summed E-state index contributed by atoms with van der Waals surface area (Å²) in [5, 5.41) is 20.7. The van der Waals surface area contributed by atoms with Gasteiger partial charge >= 0.3 is 11.4 Å². The number of aromatic nitrogens is 1. The van der Waals surface area contributed by atoms with E-state index in [1.165, 1.54) is 6.20 Å².